The van der Waals surface area contributed by atoms with Crippen LogP contribution in [0.25, 0.3) is 11.2 Å². The Kier molecular flexibility index (Phi) is 5.52. The smallest absolute Gasteiger partial charge is 0.238 e. The Morgan fingerprint density at radius 1 is 1.17 bits per heavy atom. The molecule has 0 atom stereocenters. The molecular formula is C19H24N8O2. The van der Waals surface area contributed by atoms with Crippen molar-refractivity contribution in [3.05, 3.63) is 30.6 Å². The lowest BCUT2D eigenvalue weighted by Gasteiger charge is -2.34. The molecule has 1 aromatic carbocycles. The highest BCUT2D eigenvalue weighted by Crippen LogP contribution is 2.24. The standard InChI is InChI=1S/C19H24N8O2/c1-3-27-19-17(23-24-27)18(20-13-21-19)26-10-8-25(9-11-26)12-16(28)22-14-6-4-5-7-15(14)29-2/h4-7,13H,3,8-12H2,1-2H3,(H,22,28). The zero-order valence-electron chi connectivity index (χ0n) is 16.6. The van der Waals surface area contributed by atoms with Gasteiger partial charge in [-0.25, -0.2) is 14.6 Å². The number of piperazine rings is 1. The summed E-state index contributed by atoms with van der Waals surface area (Å²) in [6, 6.07) is 7.40. The van der Waals surface area contributed by atoms with E-state index in [1.54, 1.807) is 18.1 Å². The number of fused-ring (bicyclic) bond motifs is 1. The summed E-state index contributed by atoms with van der Waals surface area (Å²) in [5, 5.41) is 11.3. The van der Waals surface area contributed by atoms with Crippen molar-refractivity contribution in [3.8, 4) is 5.75 Å². The molecule has 1 aliphatic heterocycles. The molecule has 2 aromatic heterocycles. The fraction of sp³-hybridized carbons (Fsp3) is 0.421. The van der Waals surface area contributed by atoms with Gasteiger partial charge in [0.1, 0.15) is 12.1 Å². The Morgan fingerprint density at radius 2 is 1.97 bits per heavy atom. The lowest BCUT2D eigenvalue weighted by atomic mass is 10.2. The number of hydrogen-bond donors (Lipinski definition) is 1. The molecule has 1 aliphatic rings. The molecule has 0 saturated carbocycles. The second-order valence-electron chi connectivity index (χ2n) is 6.79. The minimum Gasteiger partial charge on any atom is -0.495 e. The van der Waals surface area contributed by atoms with Gasteiger partial charge >= 0.3 is 0 Å². The fourth-order valence-electron chi connectivity index (χ4n) is 3.48. The van der Waals surface area contributed by atoms with Gasteiger partial charge in [-0.2, -0.15) is 0 Å². The molecule has 0 spiro atoms. The predicted octanol–water partition coefficient (Wildman–Crippen LogP) is 1.01. The van der Waals surface area contributed by atoms with Gasteiger partial charge in [0.25, 0.3) is 0 Å². The first kappa shape index (κ1) is 19.1. The van der Waals surface area contributed by atoms with Crippen molar-refractivity contribution in [1.82, 2.24) is 29.9 Å². The van der Waals surface area contributed by atoms with Crippen LogP contribution in [-0.2, 0) is 11.3 Å². The molecule has 4 rings (SSSR count). The number of aromatic nitrogens is 5. The van der Waals surface area contributed by atoms with Crippen LogP contribution in [0.5, 0.6) is 5.75 Å². The van der Waals surface area contributed by atoms with E-state index in [1.165, 1.54) is 0 Å². The van der Waals surface area contributed by atoms with E-state index >= 15 is 0 Å². The number of para-hydroxylation sites is 2. The Hall–Kier alpha value is -3.27. The fourth-order valence-corrected chi connectivity index (χ4v) is 3.48. The van der Waals surface area contributed by atoms with E-state index in [9.17, 15) is 4.79 Å². The summed E-state index contributed by atoms with van der Waals surface area (Å²) in [6.07, 6.45) is 1.56. The van der Waals surface area contributed by atoms with Gasteiger partial charge in [-0.3, -0.25) is 9.69 Å². The van der Waals surface area contributed by atoms with Crippen molar-refractivity contribution in [1.29, 1.82) is 0 Å². The number of carbonyl (C=O) groups excluding carboxylic acids is 1. The molecule has 0 unspecified atom stereocenters. The molecule has 0 aliphatic carbocycles. The first-order valence-corrected chi connectivity index (χ1v) is 9.64. The number of ether oxygens (including phenoxy) is 1. The number of hydrogen-bond acceptors (Lipinski definition) is 8. The van der Waals surface area contributed by atoms with Gasteiger partial charge in [0, 0.05) is 32.7 Å². The van der Waals surface area contributed by atoms with E-state index in [1.807, 2.05) is 31.2 Å². The third kappa shape index (κ3) is 3.97. The summed E-state index contributed by atoms with van der Waals surface area (Å²) in [4.78, 5) is 25.5. The van der Waals surface area contributed by atoms with E-state index in [0.29, 0.717) is 24.5 Å². The molecule has 10 nitrogen and oxygen atoms in total. The molecule has 0 radical (unpaired) electrons. The molecule has 10 heteroatoms. The van der Waals surface area contributed by atoms with Crippen LogP contribution < -0.4 is 15.0 Å². The van der Waals surface area contributed by atoms with Crippen LogP contribution in [0.3, 0.4) is 0 Å². The summed E-state index contributed by atoms with van der Waals surface area (Å²) in [6.45, 7) is 6.07. The summed E-state index contributed by atoms with van der Waals surface area (Å²) < 4.78 is 7.05. The van der Waals surface area contributed by atoms with E-state index in [4.69, 9.17) is 4.74 Å². The maximum absolute atomic E-state index is 12.4. The lowest BCUT2D eigenvalue weighted by molar-refractivity contribution is -0.117. The van der Waals surface area contributed by atoms with Gasteiger partial charge in [-0.1, -0.05) is 17.3 Å². The highest BCUT2D eigenvalue weighted by Gasteiger charge is 2.23. The molecule has 1 N–H and O–H groups in total. The van der Waals surface area contributed by atoms with Gasteiger partial charge in [-0.05, 0) is 19.1 Å². The zero-order chi connectivity index (χ0) is 20.2. The van der Waals surface area contributed by atoms with Gasteiger partial charge in [0.15, 0.2) is 17.0 Å². The van der Waals surface area contributed by atoms with Crippen LogP contribution in [0.1, 0.15) is 6.92 Å². The second kappa shape index (κ2) is 8.39. The van der Waals surface area contributed by atoms with Gasteiger partial charge in [-0.15, -0.1) is 5.10 Å². The van der Waals surface area contributed by atoms with Crippen molar-refractivity contribution in [3.63, 3.8) is 0 Å². The third-order valence-corrected chi connectivity index (χ3v) is 5.00. The summed E-state index contributed by atoms with van der Waals surface area (Å²) >= 11 is 0. The van der Waals surface area contributed by atoms with E-state index in [-0.39, 0.29) is 5.91 Å². The second-order valence-corrected chi connectivity index (χ2v) is 6.79. The largest absolute Gasteiger partial charge is 0.495 e. The van der Waals surface area contributed by atoms with Gasteiger partial charge in [0.05, 0.1) is 19.3 Å². The zero-order valence-corrected chi connectivity index (χ0v) is 16.6. The number of anilines is 2. The minimum absolute atomic E-state index is 0.0572. The number of methoxy groups -OCH3 is 1. The molecule has 3 aromatic rings. The lowest BCUT2D eigenvalue weighted by Crippen LogP contribution is -2.49. The topological polar surface area (TPSA) is 101 Å². The van der Waals surface area contributed by atoms with Crippen molar-refractivity contribution in [2.75, 3.05) is 50.1 Å². The number of nitrogens with zero attached hydrogens (tertiary/aromatic N) is 7. The third-order valence-electron chi connectivity index (χ3n) is 5.00. The monoisotopic (exact) mass is 396 g/mol. The first-order chi connectivity index (χ1) is 14.2. The molecule has 29 heavy (non-hydrogen) atoms. The number of nitrogens with one attached hydrogen (secondary N) is 1. The average Bonchev–Trinajstić information content (AvgIpc) is 3.18. The van der Waals surface area contributed by atoms with Crippen LogP contribution in [0.2, 0.25) is 0 Å². The van der Waals surface area contributed by atoms with Gasteiger partial charge < -0.3 is 15.0 Å². The Balaban J connectivity index is 1.36. The highest BCUT2D eigenvalue weighted by molar-refractivity contribution is 5.93. The summed E-state index contributed by atoms with van der Waals surface area (Å²) in [7, 11) is 1.59. The van der Waals surface area contributed by atoms with E-state index in [0.717, 1.165) is 43.2 Å². The van der Waals surface area contributed by atoms with Crippen molar-refractivity contribution >= 4 is 28.6 Å². The molecule has 152 valence electrons. The van der Waals surface area contributed by atoms with E-state index < -0.39 is 0 Å². The first-order valence-electron chi connectivity index (χ1n) is 9.64. The van der Waals surface area contributed by atoms with Crippen LogP contribution in [0, 0.1) is 0 Å². The minimum atomic E-state index is -0.0572. The quantitative estimate of drug-likeness (QED) is 0.659. The Labute approximate surface area is 168 Å². The van der Waals surface area contributed by atoms with E-state index in [2.05, 4.69) is 35.4 Å². The summed E-state index contributed by atoms with van der Waals surface area (Å²) in [5.41, 5.74) is 2.15. The van der Waals surface area contributed by atoms with Crippen LogP contribution in [0.15, 0.2) is 30.6 Å². The average molecular weight is 396 g/mol. The van der Waals surface area contributed by atoms with Crippen LogP contribution >= 0.6 is 0 Å². The Morgan fingerprint density at radius 3 is 2.72 bits per heavy atom. The molecule has 0 bridgehead atoms. The number of rotatable bonds is 6. The molecular weight excluding hydrogens is 372 g/mol. The molecule has 1 saturated heterocycles. The molecule has 3 heterocycles. The summed E-state index contributed by atoms with van der Waals surface area (Å²) in [5.74, 6) is 1.39. The van der Waals surface area contributed by atoms with Gasteiger partial charge in [0.2, 0.25) is 5.91 Å². The normalized spacial score (nSPS) is 14.9. The number of aryl methyl sites for hydroxylation is 1. The number of carbonyl (C=O) groups is 1. The Bertz CT molecular complexity index is 997. The number of benzene rings is 1. The molecule has 1 amide bonds. The molecule has 1 fully saturated rings. The maximum atomic E-state index is 12.4. The van der Waals surface area contributed by atoms with Crippen molar-refractivity contribution in [2.24, 2.45) is 0 Å². The number of amides is 1. The predicted molar refractivity (Wildman–Crippen MR) is 109 cm³/mol. The SMILES string of the molecule is CCn1nnc2c(N3CCN(CC(=O)Nc4ccccc4OC)CC3)ncnc21. The van der Waals surface area contributed by atoms with Crippen molar-refractivity contribution < 1.29 is 9.53 Å². The van der Waals surface area contributed by atoms with Crippen LogP contribution in [-0.4, -0.2) is 75.6 Å². The highest BCUT2D eigenvalue weighted by atomic mass is 16.5. The maximum Gasteiger partial charge on any atom is 0.238 e. The van der Waals surface area contributed by atoms with Crippen molar-refractivity contribution in [2.45, 2.75) is 13.5 Å². The van der Waals surface area contributed by atoms with Crippen LogP contribution in [0.4, 0.5) is 11.5 Å².